The van der Waals surface area contributed by atoms with Crippen molar-refractivity contribution in [3.63, 3.8) is 0 Å². The largest absolute Gasteiger partial charge is 0.340 e. The highest BCUT2D eigenvalue weighted by Gasteiger charge is 2.30. The van der Waals surface area contributed by atoms with Gasteiger partial charge in [-0.3, -0.25) is 9.59 Å². The highest BCUT2D eigenvalue weighted by molar-refractivity contribution is 9.10. The van der Waals surface area contributed by atoms with Gasteiger partial charge in [0, 0.05) is 41.9 Å². The van der Waals surface area contributed by atoms with Crippen LogP contribution in [0.25, 0.3) is 0 Å². The number of carbonyl (C=O) groups excluding carboxylic acids is 2. The number of amides is 2. The fourth-order valence-electron chi connectivity index (χ4n) is 3.78. The summed E-state index contributed by atoms with van der Waals surface area (Å²) in [5, 5.41) is 2.77. The third kappa shape index (κ3) is 5.72. The molecule has 0 spiro atoms. The molecule has 1 fully saturated rings. The van der Waals surface area contributed by atoms with Crippen molar-refractivity contribution in [2.45, 2.75) is 11.3 Å². The molecule has 7 nitrogen and oxygen atoms in total. The Morgan fingerprint density at radius 2 is 1.56 bits per heavy atom. The van der Waals surface area contributed by atoms with Crippen molar-refractivity contribution in [3.8, 4) is 0 Å². The maximum absolute atomic E-state index is 13.2. The minimum absolute atomic E-state index is 0.0190. The number of nitrogens with one attached hydrogen (secondary N) is 1. The van der Waals surface area contributed by atoms with Gasteiger partial charge in [-0.25, -0.2) is 8.42 Å². The van der Waals surface area contributed by atoms with Gasteiger partial charge in [-0.05, 0) is 42.0 Å². The molecule has 1 aliphatic rings. The third-order valence-corrected chi connectivity index (χ3v) is 7.99. The molecule has 34 heavy (non-hydrogen) atoms. The van der Waals surface area contributed by atoms with Crippen LogP contribution >= 0.6 is 15.9 Å². The summed E-state index contributed by atoms with van der Waals surface area (Å²) in [5.74, 6) is -0.416. The Morgan fingerprint density at radius 3 is 2.26 bits per heavy atom. The maximum Gasteiger partial charge on any atom is 0.255 e. The zero-order chi connectivity index (χ0) is 24.1. The van der Waals surface area contributed by atoms with Gasteiger partial charge < -0.3 is 10.2 Å². The van der Waals surface area contributed by atoms with E-state index in [9.17, 15) is 18.0 Å². The summed E-state index contributed by atoms with van der Waals surface area (Å²) in [6.45, 7) is 1.07. The fraction of sp³-hybridized carbons (Fsp3) is 0.200. The number of anilines is 1. The Bertz CT molecular complexity index is 1290. The smallest absolute Gasteiger partial charge is 0.255 e. The Balaban J connectivity index is 1.40. The average Bonchev–Trinajstić information content (AvgIpc) is 2.85. The molecule has 0 saturated carbocycles. The first-order valence-electron chi connectivity index (χ1n) is 10.8. The lowest BCUT2D eigenvalue weighted by Gasteiger charge is -2.34. The molecule has 0 radical (unpaired) electrons. The van der Waals surface area contributed by atoms with Crippen molar-refractivity contribution in [3.05, 3.63) is 94.5 Å². The van der Waals surface area contributed by atoms with Crippen LogP contribution < -0.4 is 5.32 Å². The van der Waals surface area contributed by atoms with Crippen molar-refractivity contribution in [1.82, 2.24) is 9.21 Å². The number of benzene rings is 3. The van der Waals surface area contributed by atoms with Gasteiger partial charge in [-0.1, -0.05) is 58.4 Å². The van der Waals surface area contributed by atoms with Gasteiger partial charge in [-0.2, -0.15) is 4.31 Å². The molecule has 9 heteroatoms. The Kier molecular flexibility index (Phi) is 7.45. The molecule has 2 amide bonds. The van der Waals surface area contributed by atoms with Gasteiger partial charge in [0.05, 0.1) is 11.3 Å². The first kappa shape index (κ1) is 24.1. The molecule has 0 unspecified atom stereocenters. The molecule has 0 aliphatic carbocycles. The maximum atomic E-state index is 13.2. The first-order chi connectivity index (χ1) is 16.3. The quantitative estimate of drug-likeness (QED) is 0.514. The third-order valence-electron chi connectivity index (χ3n) is 5.61. The predicted molar refractivity (Wildman–Crippen MR) is 134 cm³/mol. The van der Waals surface area contributed by atoms with Crippen LogP contribution in [-0.2, 0) is 21.2 Å². The van der Waals surface area contributed by atoms with E-state index in [-0.39, 0.29) is 29.5 Å². The minimum atomic E-state index is -3.80. The van der Waals surface area contributed by atoms with Crippen molar-refractivity contribution in [2.75, 3.05) is 31.5 Å². The van der Waals surface area contributed by atoms with E-state index < -0.39 is 15.9 Å². The molecule has 1 N–H and O–H groups in total. The summed E-state index contributed by atoms with van der Waals surface area (Å²) in [5.41, 5.74) is 1.78. The van der Waals surface area contributed by atoms with Crippen LogP contribution in [-0.4, -0.2) is 55.6 Å². The molecule has 4 rings (SSSR count). The van der Waals surface area contributed by atoms with Crippen molar-refractivity contribution in [2.24, 2.45) is 0 Å². The fourth-order valence-corrected chi connectivity index (χ4v) is 5.64. The van der Waals surface area contributed by atoms with Crippen LogP contribution in [0.4, 0.5) is 5.69 Å². The molecule has 1 saturated heterocycles. The zero-order valence-electron chi connectivity index (χ0n) is 18.4. The molecule has 1 aliphatic heterocycles. The van der Waals surface area contributed by atoms with Crippen LogP contribution in [0.3, 0.4) is 0 Å². The molecule has 3 aromatic carbocycles. The average molecular weight is 542 g/mol. The number of piperazine rings is 1. The van der Waals surface area contributed by atoms with Gasteiger partial charge in [0.1, 0.15) is 0 Å². The van der Waals surface area contributed by atoms with E-state index in [1.54, 1.807) is 35.2 Å². The number of rotatable bonds is 6. The number of carbonyl (C=O) groups is 2. The molecular weight excluding hydrogens is 518 g/mol. The molecule has 1 heterocycles. The van der Waals surface area contributed by atoms with Gasteiger partial charge in [0.25, 0.3) is 5.91 Å². The van der Waals surface area contributed by atoms with E-state index in [0.29, 0.717) is 25.2 Å². The number of sulfonamides is 1. The second-order valence-electron chi connectivity index (χ2n) is 7.94. The lowest BCUT2D eigenvalue weighted by molar-refractivity contribution is -0.131. The minimum Gasteiger partial charge on any atom is -0.340 e. The van der Waals surface area contributed by atoms with Crippen LogP contribution in [0.5, 0.6) is 0 Å². The Morgan fingerprint density at radius 1 is 0.853 bits per heavy atom. The second kappa shape index (κ2) is 10.5. The Hall–Kier alpha value is -3.01. The van der Waals surface area contributed by atoms with Crippen LogP contribution in [0.2, 0.25) is 0 Å². The monoisotopic (exact) mass is 541 g/mol. The number of hydrogen-bond acceptors (Lipinski definition) is 4. The topological polar surface area (TPSA) is 86.8 Å². The van der Waals surface area contributed by atoms with Gasteiger partial charge in [0.2, 0.25) is 15.9 Å². The van der Waals surface area contributed by atoms with Crippen molar-refractivity contribution >= 4 is 43.5 Å². The standard InChI is InChI=1S/C25H24BrN3O4S/c26-21-9-5-10-22(18-21)27-25(31)20-8-4-11-23(17-20)34(32,33)29-14-12-28(13-15-29)24(30)16-19-6-2-1-3-7-19/h1-11,17-18H,12-16H2,(H,27,31). The van der Waals surface area contributed by atoms with E-state index in [2.05, 4.69) is 21.2 Å². The van der Waals surface area contributed by atoms with Gasteiger partial charge in [0.15, 0.2) is 0 Å². The molecule has 3 aromatic rings. The van der Waals surface area contributed by atoms with E-state index in [1.807, 2.05) is 36.4 Å². The number of nitrogens with zero attached hydrogens (tertiary/aromatic N) is 2. The molecule has 0 bridgehead atoms. The highest BCUT2D eigenvalue weighted by Crippen LogP contribution is 2.21. The van der Waals surface area contributed by atoms with Gasteiger partial charge in [-0.15, -0.1) is 0 Å². The van der Waals surface area contributed by atoms with Crippen LogP contribution in [0.1, 0.15) is 15.9 Å². The van der Waals surface area contributed by atoms with E-state index in [0.717, 1.165) is 10.0 Å². The molecule has 0 aromatic heterocycles. The van der Waals surface area contributed by atoms with E-state index >= 15 is 0 Å². The SMILES string of the molecule is O=C(Nc1cccc(Br)c1)c1cccc(S(=O)(=O)N2CCN(C(=O)Cc3ccccc3)CC2)c1. The molecule has 0 atom stereocenters. The summed E-state index contributed by atoms with van der Waals surface area (Å²) in [7, 11) is -3.80. The second-order valence-corrected chi connectivity index (χ2v) is 10.8. The lowest BCUT2D eigenvalue weighted by atomic mass is 10.1. The van der Waals surface area contributed by atoms with Crippen LogP contribution in [0.15, 0.2) is 88.2 Å². The predicted octanol–water partition coefficient (Wildman–Crippen LogP) is 3.78. The summed E-state index contributed by atoms with van der Waals surface area (Å²) in [4.78, 5) is 27.0. The summed E-state index contributed by atoms with van der Waals surface area (Å²) >= 11 is 3.36. The van der Waals surface area contributed by atoms with Crippen molar-refractivity contribution in [1.29, 1.82) is 0 Å². The van der Waals surface area contributed by atoms with E-state index in [1.165, 1.54) is 16.4 Å². The van der Waals surface area contributed by atoms with Crippen molar-refractivity contribution < 1.29 is 18.0 Å². The number of halogens is 1. The summed E-state index contributed by atoms with van der Waals surface area (Å²) < 4.78 is 28.6. The zero-order valence-corrected chi connectivity index (χ0v) is 20.8. The molecular formula is C25H24BrN3O4S. The van der Waals surface area contributed by atoms with Crippen LogP contribution in [0, 0.1) is 0 Å². The highest BCUT2D eigenvalue weighted by atomic mass is 79.9. The Labute approximate surface area is 207 Å². The lowest BCUT2D eigenvalue weighted by Crippen LogP contribution is -2.50. The summed E-state index contributed by atoms with van der Waals surface area (Å²) in [6.07, 6.45) is 0.294. The number of hydrogen-bond donors (Lipinski definition) is 1. The summed E-state index contributed by atoms with van der Waals surface area (Å²) in [6, 6.07) is 22.6. The normalized spacial score (nSPS) is 14.6. The molecule has 176 valence electrons. The van der Waals surface area contributed by atoms with Gasteiger partial charge >= 0.3 is 0 Å². The van der Waals surface area contributed by atoms with E-state index in [4.69, 9.17) is 0 Å². The first-order valence-corrected chi connectivity index (χ1v) is 13.0.